The van der Waals surface area contributed by atoms with Crippen molar-refractivity contribution in [3.63, 3.8) is 0 Å². The summed E-state index contributed by atoms with van der Waals surface area (Å²) in [5.74, 6) is 2.25. The van der Waals surface area contributed by atoms with E-state index in [-0.39, 0.29) is 18.3 Å². The van der Waals surface area contributed by atoms with E-state index in [9.17, 15) is 4.79 Å². The zero-order chi connectivity index (χ0) is 16.4. The third kappa shape index (κ3) is 3.91. The highest BCUT2D eigenvalue weighted by atomic mass is 35.5. The fourth-order valence-corrected chi connectivity index (χ4v) is 4.00. The van der Waals surface area contributed by atoms with Crippen LogP contribution in [-0.4, -0.2) is 52.8 Å². The number of hydrogen-bond donors (Lipinski definition) is 3. The lowest BCUT2D eigenvalue weighted by Gasteiger charge is -2.25. The van der Waals surface area contributed by atoms with Crippen molar-refractivity contribution >= 4 is 46.9 Å². The van der Waals surface area contributed by atoms with E-state index in [1.807, 2.05) is 23.4 Å². The van der Waals surface area contributed by atoms with Crippen molar-refractivity contribution in [1.29, 1.82) is 0 Å². The molecule has 9 heteroatoms. The van der Waals surface area contributed by atoms with Crippen molar-refractivity contribution < 1.29 is 4.79 Å². The van der Waals surface area contributed by atoms with E-state index in [1.165, 1.54) is 0 Å². The first-order chi connectivity index (χ1) is 11.8. The van der Waals surface area contributed by atoms with E-state index in [2.05, 4.69) is 25.6 Å². The lowest BCUT2D eigenvalue weighted by atomic mass is 10.1. The number of anilines is 1. The highest BCUT2D eigenvalue weighted by Crippen LogP contribution is 2.28. The van der Waals surface area contributed by atoms with Gasteiger partial charge in [-0.1, -0.05) is 0 Å². The Balaban J connectivity index is 0.00000182. The van der Waals surface area contributed by atoms with E-state index in [1.54, 1.807) is 18.1 Å². The molecule has 1 saturated heterocycles. The summed E-state index contributed by atoms with van der Waals surface area (Å²) < 4.78 is 0. The number of carbonyl (C=O) groups is 1. The summed E-state index contributed by atoms with van der Waals surface area (Å²) in [7, 11) is 0. The standard InChI is InChI=1S/C16H20N6OS.ClH/c23-16(19-8-11-1-3-17-7-11)13-9-22(5-6-24-13)15-12-2-4-18-14(12)20-10-21-15;/h2,4,9-11,17H,1,3,5-8H2,(H,19,23)(H,18,20,21);1H/t11-;/m1./s1. The molecule has 2 aliphatic rings. The van der Waals surface area contributed by atoms with Crippen LogP contribution in [0.4, 0.5) is 5.82 Å². The second kappa shape index (κ2) is 8.07. The van der Waals surface area contributed by atoms with Crippen molar-refractivity contribution in [2.24, 2.45) is 5.92 Å². The summed E-state index contributed by atoms with van der Waals surface area (Å²) in [6, 6.07) is 1.97. The molecule has 3 N–H and O–H groups in total. The number of fused-ring (bicyclic) bond motifs is 1. The molecule has 0 saturated carbocycles. The van der Waals surface area contributed by atoms with Gasteiger partial charge in [-0.15, -0.1) is 24.2 Å². The van der Waals surface area contributed by atoms with Crippen LogP contribution in [0.5, 0.6) is 0 Å². The Kier molecular flexibility index (Phi) is 5.82. The Labute approximate surface area is 156 Å². The normalized spacial score (nSPS) is 20.2. The number of carbonyl (C=O) groups excluding carboxylic acids is 1. The van der Waals surface area contributed by atoms with Crippen molar-refractivity contribution in [2.75, 3.05) is 36.8 Å². The predicted molar refractivity (Wildman–Crippen MR) is 103 cm³/mol. The van der Waals surface area contributed by atoms with Crippen LogP contribution in [0.25, 0.3) is 11.0 Å². The molecule has 4 heterocycles. The third-order valence-corrected chi connectivity index (χ3v) is 5.39. The minimum Gasteiger partial charge on any atom is -0.351 e. The second-order valence-corrected chi connectivity index (χ2v) is 7.18. The molecule has 2 aromatic heterocycles. The molecule has 7 nitrogen and oxygen atoms in total. The molecule has 25 heavy (non-hydrogen) atoms. The SMILES string of the molecule is Cl.O=C(NC[C@@H]1CCNC1)C1=CN(c2ncnc3[nH]ccc23)CCS1. The number of nitrogens with zero attached hydrogens (tertiary/aromatic N) is 3. The van der Waals surface area contributed by atoms with Crippen molar-refractivity contribution in [3.8, 4) is 0 Å². The highest BCUT2D eigenvalue weighted by Gasteiger charge is 2.22. The summed E-state index contributed by atoms with van der Waals surface area (Å²) in [6.45, 7) is 3.60. The fraction of sp³-hybridized carbons (Fsp3) is 0.438. The number of aromatic amines is 1. The van der Waals surface area contributed by atoms with E-state index >= 15 is 0 Å². The Bertz CT molecular complexity index is 773. The molecule has 2 aromatic rings. The number of aromatic nitrogens is 3. The first kappa shape index (κ1) is 18.0. The quantitative estimate of drug-likeness (QED) is 0.745. The largest absolute Gasteiger partial charge is 0.351 e. The second-order valence-electron chi connectivity index (χ2n) is 6.04. The highest BCUT2D eigenvalue weighted by molar-refractivity contribution is 8.04. The van der Waals surface area contributed by atoms with Crippen molar-refractivity contribution in [3.05, 3.63) is 29.7 Å². The third-order valence-electron chi connectivity index (χ3n) is 4.41. The zero-order valence-electron chi connectivity index (χ0n) is 13.7. The monoisotopic (exact) mass is 380 g/mol. The molecule has 1 fully saturated rings. The molecule has 2 aliphatic heterocycles. The summed E-state index contributed by atoms with van der Waals surface area (Å²) in [6.07, 6.45) is 6.45. The number of halogens is 1. The van der Waals surface area contributed by atoms with Crippen LogP contribution in [0.3, 0.4) is 0 Å². The summed E-state index contributed by atoms with van der Waals surface area (Å²) in [5, 5.41) is 7.36. The topological polar surface area (TPSA) is 85.9 Å². The first-order valence-electron chi connectivity index (χ1n) is 8.19. The number of amides is 1. The van der Waals surface area contributed by atoms with Gasteiger partial charge in [0.05, 0.1) is 10.3 Å². The van der Waals surface area contributed by atoms with E-state index in [4.69, 9.17) is 0 Å². The molecule has 0 aromatic carbocycles. The van der Waals surface area contributed by atoms with Crippen LogP contribution in [0, 0.1) is 5.92 Å². The maximum atomic E-state index is 12.5. The predicted octanol–water partition coefficient (Wildman–Crippen LogP) is 1.50. The molecule has 4 rings (SSSR count). The van der Waals surface area contributed by atoms with E-state index in [0.717, 1.165) is 60.1 Å². The molecule has 1 amide bonds. The summed E-state index contributed by atoms with van der Waals surface area (Å²) >= 11 is 1.60. The van der Waals surface area contributed by atoms with Crippen LogP contribution in [-0.2, 0) is 4.79 Å². The summed E-state index contributed by atoms with van der Waals surface area (Å²) in [5.41, 5.74) is 0.811. The lowest BCUT2D eigenvalue weighted by Crippen LogP contribution is -2.34. The van der Waals surface area contributed by atoms with Crippen LogP contribution in [0.15, 0.2) is 29.7 Å². The van der Waals surface area contributed by atoms with Gasteiger partial charge in [-0.05, 0) is 31.5 Å². The molecular weight excluding hydrogens is 360 g/mol. The van der Waals surface area contributed by atoms with E-state index in [0.29, 0.717) is 5.92 Å². The van der Waals surface area contributed by atoms with Gasteiger partial charge >= 0.3 is 0 Å². The van der Waals surface area contributed by atoms with E-state index < -0.39 is 0 Å². The Morgan fingerprint density at radius 3 is 3.20 bits per heavy atom. The Morgan fingerprint density at radius 2 is 2.36 bits per heavy atom. The summed E-state index contributed by atoms with van der Waals surface area (Å²) in [4.78, 5) is 27.0. The Hall–Kier alpha value is -1.77. The average molecular weight is 381 g/mol. The van der Waals surface area contributed by atoms with Gasteiger partial charge < -0.3 is 20.5 Å². The number of H-pyrrole nitrogens is 1. The van der Waals surface area contributed by atoms with Crippen LogP contribution < -0.4 is 15.5 Å². The molecule has 0 radical (unpaired) electrons. The zero-order valence-corrected chi connectivity index (χ0v) is 15.3. The molecular formula is C16H21ClN6OS. The maximum absolute atomic E-state index is 12.5. The minimum atomic E-state index is 0. The van der Waals surface area contributed by atoms with Gasteiger partial charge in [0.1, 0.15) is 17.8 Å². The van der Waals surface area contributed by atoms with Crippen LogP contribution in [0.2, 0.25) is 0 Å². The van der Waals surface area contributed by atoms with Gasteiger partial charge in [-0.3, -0.25) is 4.79 Å². The van der Waals surface area contributed by atoms with Gasteiger partial charge in [0.2, 0.25) is 0 Å². The number of thioether (sulfide) groups is 1. The minimum absolute atomic E-state index is 0. The number of hydrogen-bond acceptors (Lipinski definition) is 6. The van der Waals surface area contributed by atoms with Gasteiger partial charge in [0.15, 0.2) is 0 Å². The van der Waals surface area contributed by atoms with Crippen molar-refractivity contribution in [2.45, 2.75) is 6.42 Å². The first-order valence-corrected chi connectivity index (χ1v) is 9.18. The molecule has 1 atom stereocenters. The lowest BCUT2D eigenvalue weighted by molar-refractivity contribution is -0.117. The molecule has 0 unspecified atom stereocenters. The number of rotatable bonds is 4. The van der Waals surface area contributed by atoms with Crippen molar-refractivity contribution in [1.82, 2.24) is 25.6 Å². The van der Waals surface area contributed by atoms with Gasteiger partial charge in [-0.25, -0.2) is 9.97 Å². The van der Waals surface area contributed by atoms with Crippen LogP contribution in [0.1, 0.15) is 6.42 Å². The fourth-order valence-electron chi connectivity index (χ4n) is 3.09. The molecule has 134 valence electrons. The number of nitrogens with one attached hydrogen (secondary N) is 3. The smallest absolute Gasteiger partial charge is 0.259 e. The van der Waals surface area contributed by atoms with Gasteiger partial charge in [0.25, 0.3) is 5.91 Å². The Morgan fingerprint density at radius 1 is 1.44 bits per heavy atom. The maximum Gasteiger partial charge on any atom is 0.259 e. The average Bonchev–Trinajstić information content (AvgIpc) is 3.30. The molecule has 0 spiro atoms. The van der Waals surface area contributed by atoms with Gasteiger partial charge in [-0.2, -0.15) is 0 Å². The van der Waals surface area contributed by atoms with Crippen LogP contribution >= 0.6 is 24.2 Å². The molecule has 0 aliphatic carbocycles. The molecule has 0 bridgehead atoms. The van der Waals surface area contributed by atoms with Gasteiger partial charge in [0, 0.05) is 31.2 Å².